The molecule has 1 heterocycles. The highest BCUT2D eigenvalue weighted by Gasteiger charge is 2.41. The van der Waals surface area contributed by atoms with Crippen LogP contribution in [-0.4, -0.2) is 22.6 Å². The summed E-state index contributed by atoms with van der Waals surface area (Å²) in [6.45, 7) is 0.824. The Morgan fingerprint density at radius 2 is 1.71 bits per heavy atom. The standard InChI is InChI=1S/C19H31N5/c20-12-13-5-7-14(8-6-13)22-17-15-4-3-11-19(9-1-2-10-19)16(15)23-18(21)24-17/h13-14H,1-12,20H2,(H3,21,22,23,24)/t13-,14-. The van der Waals surface area contributed by atoms with E-state index in [1.54, 1.807) is 0 Å². The molecule has 132 valence electrons. The first-order valence-electron chi connectivity index (χ1n) is 9.84. The summed E-state index contributed by atoms with van der Waals surface area (Å²) in [6, 6.07) is 0.507. The minimum Gasteiger partial charge on any atom is -0.368 e. The lowest BCUT2D eigenvalue weighted by Gasteiger charge is -2.36. The van der Waals surface area contributed by atoms with Crippen LogP contribution in [-0.2, 0) is 11.8 Å². The molecule has 0 saturated heterocycles. The normalized spacial score (nSPS) is 28.7. The lowest BCUT2D eigenvalue weighted by atomic mass is 9.71. The Balaban J connectivity index is 1.59. The number of hydrogen-bond acceptors (Lipinski definition) is 5. The Bertz CT molecular complexity index is 586. The van der Waals surface area contributed by atoms with Crippen molar-refractivity contribution in [1.29, 1.82) is 0 Å². The van der Waals surface area contributed by atoms with Gasteiger partial charge in [0.2, 0.25) is 5.95 Å². The van der Waals surface area contributed by atoms with Gasteiger partial charge in [-0.05, 0) is 70.3 Å². The second kappa shape index (κ2) is 6.51. The van der Waals surface area contributed by atoms with Crippen LogP contribution < -0.4 is 16.8 Å². The van der Waals surface area contributed by atoms with E-state index in [1.165, 1.54) is 75.5 Å². The Hall–Kier alpha value is -1.36. The first-order chi connectivity index (χ1) is 11.7. The Labute approximate surface area is 145 Å². The second-order valence-corrected chi connectivity index (χ2v) is 8.20. The first-order valence-corrected chi connectivity index (χ1v) is 9.84. The van der Waals surface area contributed by atoms with Gasteiger partial charge >= 0.3 is 0 Å². The van der Waals surface area contributed by atoms with E-state index >= 15 is 0 Å². The molecule has 0 aliphatic heterocycles. The minimum absolute atomic E-state index is 0.290. The van der Waals surface area contributed by atoms with E-state index in [0.717, 1.165) is 18.8 Å². The van der Waals surface area contributed by atoms with Crippen LogP contribution in [0.1, 0.15) is 75.5 Å². The van der Waals surface area contributed by atoms with E-state index in [-0.39, 0.29) is 5.41 Å². The molecule has 5 N–H and O–H groups in total. The molecule has 24 heavy (non-hydrogen) atoms. The highest BCUT2D eigenvalue weighted by atomic mass is 15.1. The monoisotopic (exact) mass is 329 g/mol. The summed E-state index contributed by atoms with van der Waals surface area (Å²) >= 11 is 0. The van der Waals surface area contributed by atoms with Gasteiger partial charge in [0.05, 0.1) is 5.69 Å². The van der Waals surface area contributed by atoms with Gasteiger partial charge in [-0.2, -0.15) is 4.98 Å². The fourth-order valence-corrected chi connectivity index (χ4v) is 5.29. The molecule has 2 fully saturated rings. The van der Waals surface area contributed by atoms with Crippen LogP contribution in [0.3, 0.4) is 0 Å². The quantitative estimate of drug-likeness (QED) is 0.792. The molecule has 0 aromatic carbocycles. The van der Waals surface area contributed by atoms with Crippen molar-refractivity contribution in [2.75, 3.05) is 17.6 Å². The van der Waals surface area contributed by atoms with E-state index in [1.807, 2.05) is 0 Å². The predicted molar refractivity (Wildman–Crippen MR) is 98.0 cm³/mol. The molecule has 3 aliphatic rings. The van der Waals surface area contributed by atoms with Crippen LogP contribution in [0.5, 0.6) is 0 Å². The van der Waals surface area contributed by atoms with Gasteiger partial charge in [-0.15, -0.1) is 0 Å². The van der Waals surface area contributed by atoms with Crippen molar-refractivity contribution in [2.45, 2.75) is 82.1 Å². The van der Waals surface area contributed by atoms with E-state index < -0.39 is 0 Å². The molecule has 5 nitrogen and oxygen atoms in total. The van der Waals surface area contributed by atoms with Gasteiger partial charge in [0, 0.05) is 17.0 Å². The van der Waals surface area contributed by atoms with Crippen molar-refractivity contribution in [3.63, 3.8) is 0 Å². The maximum atomic E-state index is 6.10. The topological polar surface area (TPSA) is 89.8 Å². The van der Waals surface area contributed by atoms with Gasteiger partial charge in [-0.25, -0.2) is 4.98 Å². The van der Waals surface area contributed by atoms with E-state index in [0.29, 0.717) is 17.9 Å². The Kier molecular flexibility index (Phi) is 4.37. The van der Waals surface area contributed by atoms with Crippen LogP contribution in [0, 0.1) is 5.92 Å². The number of nitrogens with two attached hydrogens (primary N) is 2. The summed E-state index contributed by atoms with van der Waals surface area (Å²) < 4.78 is 0. The lowest BCUT2D eigenvalue weighted by Crippen LogP contribution is -2.33. The smallest absolute Gasteiger partial charge is 0.222 e. The van der Waals surface area contributed by atoms with Crippen molar-refractivity contribution in [3.8, 4) is 0 Å². The van der Waals surface area contributed by atoms with Crippen LogP contribution in [0.25, 0.3) is 0 Å². The molecule has 1 aromatic rings. The van der Waals surface area contributed by atoms with E-state index in [2.05, 4.69) is 10.3 Å². The van der Waals surface area contributed by atoms with Gasteiger partial charge < -0.3 is 16.8 Å². The molecule has 0 radical (unpaired) electrons. The van der Waals surface area contributed by atoms with Crippen LogP contribution >= 0.6 is 0 Å². The molecule has 1 aromatic heterocycles. The number of hydrogen-bond donors (Lipinski definition) is 3. The van der Waals surface area contributed by atoms with Crippen molar-refractivity contribution < 1.29 is 0 Å². The Morgan fingerprint density at radius 3 is 2.42 bits per heavy atom. The number of fused-ring (bicyclic) bond motifs is 2. The molecule has 2 saturated carbocycles. The second-order valence-electron chi connectivity index (χ2n) is 8.20. The zero-order valence-electron chi connectivity index (χ0n) is 14.7. The fraction of sp³-hybridized carbons (Fsp3) is 0.789. The third kappa shape index (κ3) is 2.87. The Morgan fingerprint density at radius 1 is 1.00 bits per heavy atom. The highest BCUT2D eigenvalue weighted by molar-refractivity contribution is 5.53. The molecular formula is C19H31N5. The largest absolute Gasteiger partial charge is 0.368 e. The summed E-state index contributed by atoms with van der Waals surface area (Å²) in [6.07, 6.45) is 13.7. The minimum atomic E-state index is 0.290. The number of nitrogen functional groups attached to an aromatic ring is 1. The third-order valence-corrected chi connectivity index (χ3v) is 6.69. The average Bonchev–Trinajstić information content (AvgIpc) is 3.06. The summed E-state index contributed by atoms with van der Waals surface area (Å²) in [5, 5.41) is 3.73. The molecule has 4 rings (SSSR count). The molecule has 3 aliphatic carbocycles. The number of nitrogens with zero attached hydrogens (tertiary/aromatic N) is 2. The van der Waals surface area contributed by atoms with Crippen molar-refractivity contribution in [2.24, 2.45) is 11.7 Å². The highest BCUT2D eigenvalue weighted by Crippen LogP contribution is 2.49. The summed E-state index contributed by atoms with van der Waals surface area (Å²) in [4.78, 5) is 9.34. The van der Waals surface area contributed by atoms with Crippen molar-refractivity contribution in [1.82, 2.24) is 9.97 Å². The zero-order chi connectivity index (χ0) is 16.6. The summed E-state index contributed by atoms with van der Waals surface area (Å²) in [5.74, 6) is 2.17. The number of anilines is 2. The van der Waals surface area contributed by atoms with Crippen LogP contribution in [0.15, 0.2) is 0 Å². The number of aromatic nitrogens is 2. The molecular weight excluding hydrogens is 298 g/mol. The number of rotatable bonds is 3. The van der Waals surface area contributed by atoms with Gasteiger partial charge in [0.1, 0.15) is 5.82 Å². The predicted octanol–water partition coefficient (Wildman–Crippen LogP) is 3.14. The number of nitrogens with one attached hydrogen (secondary N) is 1. The van der Waals surface area contributed by atoms with Gasteiger partial charge in [0.25, 0.3) is 0 Å². The van der Waals surface area contributed by atoms with Gasteiger partial charge in [-0.3, -0.25) is 0 Å². The summed E-state index contributed by atoms with van der Waals surface area (Å²) in [7, 11) is 0. The molecule has 0 bridgehead atoms. The molecule has 0 amide bonds. The molecule has 0 atom stereocenters. The lowest BCUT2D eigenvalue weighted by molar-refractivity contribution is 0.342. The fourth-order valence-electron chi connectivity index (χ4n) is 5.29. The average molecular weight is 329 g/mol. The maximum absolute atomic E-state index is 6.10. The molecule has 1 spiro atoms. The first kappa shape index (κ1) is 16.1. The van der Waals surface area contributed by atoms with Crippen LogP contribution in [0.4, 0.5) is 11.8 Å². The summed E-state index contributed by atoms with van der Waals surface area (Å²) in [5.41, 5.74) is 14.8. The SMILES string of the molecule is NC[C@H]1CC[C@H](Nc2nc(N)nc3c2CCCC32CCCC2)CC1. The third-order valence-electron chi connectivity index (χ3n) is 6.69. The van der Waals surface area contributed by atoms with Gasteiger partial charge in [0.15, 0.2) is 0 Å². The van der Waals surface area contributed by atoms with Crippen molar-refractivity contribution in [3.05, 3.63) is 11.3 Å². The zero-order valence-corrected chi connectivity index (χ0v) is 14.7. The van der Waals surface area contributed by atoms with Crippen LogP contribution in [0.2, 0.25) is 0 Å². The van der Waals surface area contributed by atoms with Gasteiger partial charge in [-0.1, -0.05) is 12.8 Å². The van der Waals surface area contributed by atoms with Crippen molar-refractivity contribution >= 4 is 11.8 Å². The maximum Gasteiger partial charge on any atom is 0.222 e. The molecule has 5 heteroatoms. The van der Waals surface area contributed by atoms with E-state index in [9.17, 15) is 0 Å². The van der Waals surface area contributed by atoms with E-state index in [4.69, 9.17) is 16.5 Å². The molecule has 0 unspecified atom stereocenters.